The summed E-state index contributed by atoms with van der Waals surface area (Å²) in [5.41, 5.74) is 4.37. The van der Waals surface area contributed by atoms with Crippen LogP contribution in [0.15, 0.2) is 6.20 Å². The zero-order valence-corrected chi connectivity index (χ0v) is 13.2. The smallest absolute Gasteiger partial charge is 0.365 e. The quantitative estimate of drug-likeness (QED) is 0.730. The first-order chi connectivity index (χ1) is 11.7. The number of anilines is 1. The van der Waals surface area contributed by atoms with Gasteiger partial charge in [-0.3, -0.25) is 19.2 Å². The number of piperidine rings is 1. The molecule has 2 rings (SSSR count). The fraction of sp³-hybridized carbons (Fsp3) is 0.571. The molecular weight excluding hydrogens is 341 g/mol. The number of nitrogens with one attached hydrogen (secondary N) is 1. The molecule has 1 aromatic heterocycles. The summed E-state index contributed by atoms with van der Waals surface area (Å²) in [5.74, 6) is -0.852. The molecule has 2 amide bonds. The lowest BCUT2D eigenvalue weighted by atomic mass is 9.85. The maximum Gasteiger partial charge on any atom is 0.401 e. The number of rotatable bonds is 6. The minimum atomic E-state index is -4.29. The maximum absolute atomic E-state index is 12.5. The van der Waals surface area contributed by atoms with Crippen LogP contribution in [0.5, 0.6) is 0 Å². The van der Waals surface area contributed by atoms with Crippen LogP contribution in [0.1, 0.15) is 29.6 Å². The summed E-state index contributed by atoms with van der Waals surface area (Å²) in [4.78, 5) is 23.4. The third-order valence-corrected chi connectivity index (χ3v) is 4.26. The number of carbonyl (C=O) groups is 2. The van der Waals surface area contributed by atoms with Gasteiger partial charge < -0.3 is 11.1 Å². The Hall–Kier alpha value is -2.61. The standard InChI is InChI=1S/C14H17F3N6O2/c15-14(16,17)8-22-5-2-13(1-4-18,3-6-22)23-7-10(11(19)25)12(21-23)20-9-24/h7,9H,1-3,5-6,8H2,(H2,19,25)(H,20,21,24). The van der Waals surface area contributed by atoms with Crippen molar-refractivity contribution in [2.45, 2.75) is 31.0 Å². The molecule has 0 bridgehead atoms. The van der Waals surface area contributed by atoms with E-state index in [0.29, 0.717) is 6.41 Å². The fourth-order valence-corrected chi connectivity index (χ4v) is 2.97. The molecule has 0 saturated carbocycles. The third-order valence-electron chi connectivity index (χ3n) is 4.26. The fourth-order valence-electron chi connectivity index (χ4n) is 2.97. The van der Waals surface area contributed by atoms with E-state index in [0.717, 1.165) is 0 Å². The van der Waals surface area contributed by atoms with Crippen LogP contribution in [0.4, 0.5) is 19.0 Å². The van der Waals surface area contributed by atoms with Gasteiger partial charge in [0, 0.05) is 19.3 Å². The molecular formula is C14H17F3N6O2. The lowest BCUT2D eigenvalue weighted by Crippen LogP contribution is -2.48. The number of hydrogen-bond donors (Lipinski definition) is 2. The van der Waals surface area contributed by atoms with Gasteiger partial charge in [0.2, 0.25) is 6.41 Å². The first-order valence-electron chi connectivity index (χ1n) is 7.47. The number of carbonyl (C=O) groups excluding carboxylic acids is 2. The molecule has 8 nitrogen and oxygen atoms in total. The number of nitrogens with two attached hydrogens (primary N) is 1. The minimum Gasteiger partial charge on any atom is -0.365 e. The van der Waals surface area contributed by atoms with Crippen LogP contribution in [0.25, 0.3) is 0 Å². The summed E-state index contributed by atoms with van der Waals surface area (Å²) in [7, 11) is 0. The van der Waals surface area contributed by atoms with E-state index in [2.05, 4.69) is 10.4 Å². The van der Waals surface area contributed by atoms with E-state index in [4.69, 9.17) is 11.0 Å². The number of amides is 2. The molecule has 11 heteroatoms. The maximum atomic E-state index is 12.5. The second-order valence-corrected chi connectivity index (χ2v) is 5.91. The molecule has 1 saturated heterocycles. The number of nitrogens with zero attached hydrogens (tertiary/aromatic N) is 4. The highest BCUT2D eigenvalue weighted by Gasteiger charge is 2.40. The Kier molecular flexibility index (Phi) is 5.32. The number of primary amides is 1. The Morgan fingerprint density at radius 1 is 1.48 bits per heavy atom. The van der Waals surface area contributed by atoms with Gasteiger partial charge in [0.1, 0.15) is 5.56 Å². The van der Waals surface area contributed by atoms with Crippen molar-refractivity contribution in [3.8, 4) is 6.07 Å². The second kappa shape index (κ2) is 7.10. The van der Waals surface area contributed by atoms with Crippen LogP contribution in [0.3, 0.4) is 0 Å². The Morgan fingerprint density at radius 2 is 2.12 bits per heavy atom. The first kappa shape index (κ1) is 18.7. The van der Waals surface area contributed by atoms with Crippen LogP contribution < -0.4 is 11.1 Å². The zero-order valence-electron chi connectivity index (χ0n) is 13.2. The molecule has 0 radical (unpaired) electrons. The van der Waals surface area contributed by atoms with E-state index >= 15 is 0 Å². The number of hydrogen-bond acceptors (Lipinski definition) is 5. The molecule has 0 unspecified atom stereocenters. The van der Waals surface area contributed by atoms with E-state index in [9.17, 15) is 22.8 Å². The summed E-state index contributed by atoms with van der Waals surface area (Å²) < 4.78 is 39.0. The highest BCUT2D eigenvalue weighted by Crippen LogP contribution is 2.35. The molecule has 0 spiro atoms. The lowest BCUT2D eigenvalue weighted by Gasteiger charge is -2.40. The lowest BCUT2D eigenvalue weighted by molar-refractivity contribution is -0.150. The molecule has 1 fully saturated rings. The van der Waals surface area contributed by atoms with Gasteiger partial charge in [0.15, 0.2) is 5.82 Å². The second-order valence-electron chi connectivity index (χ2n) is 5.91. The van der Waals surface area contributed by atoms with Crippen molar-refractivity contribution in [1.82, 2.24) is 14.7 Å². The molecule has 25 heavy (non-hydrogen) atoms. The highest BCUT2D eigenvalue weighted by atomic mass is 19.4. The van der Waals surface area contributed by atoms with E-state index in [1.165, 1.54) is 15.8 Å². The van der Waals surface area contributed by atoms with E-state index in [1.807, 2.05) is 6.07 Å². The van der Waals surface area contributed by atoms with Crippen molar-refractivity contribution in [3.63, 3.8) is 0 Å². The molecule has 0 aliphatic carbocycles. The molecule has 1 aliphatic rings. The Balaban J connectivity index is 2.27. The molecule has 3 N–H and O–H groups in total. The average molecular weight is 358 g/mol. The van der Waals surface area contributed by atoms with Gasteiger partial charge in [-0.1, -0.05) is 0 Å². The Bertz CT molecular complexity index is 686. The van der Waals surface area contributed by atoms with Crippen LogP contribution >= 0.6 is 0 Å². The van der Waals surface area contributed by atoms with E-state index < -0.39 is 24.2 Å². The molecule has 0 atom stereocenters. The first-order valence-corrected chi connectivity index (χ1v) is 7.47. The van der Waals surface area contributed by atoms with Crippen LogP contribution in [0, 0.1) is 11.3 Å². The van der Waals surface area contributed by atoms with Gasteiger partial charge in [-0.2, -0.15) is 23.5 Å². The SMILES string of the molecule is N#CCC1(n2cc(C(N)=O)c(NC=O)n2)CCN(CC(F)(F)F)CC1. The van der Waals surface area contributed by atoms with Crippen molar-refractivity contribution >= 4 is 18.1 Å². The summed E-state index contributed by atoms with van der Waals surface area (Å²) in [5, 5.41) is 15.5. The van der Waals surface area contributed by atoms with Gasteiger partial charge >= 0.3 is 6.18 Å². The number of likely N-dealkylation sites (tertiary alicyclic amines) is 1. The molecule has 2 heterocycles. The largest absolute Gasteiger partial charge is 0.401 e. The number of aromatic nitrogens is 2. The van der Waals surface area contributed by atoms with Crippen LogP contribution in [-0.2, 0) is 10.3 Å². The van der Waals surface area contributed by atoms with Crippen molar-refractivity contribution in [1.29, 1.82) is 5.26 Å². The Morgan fingerprint density at radius 3 is 2.60 bits per heavy atom. The summed E-state index contributed by atoms with van der Waals surface area (Å²) >= 11 is 0. The predicted molar refractivity (Wildman–Crippen MR) is 80.4 cm³/mol. The monoisotopic (exact) mass is 358 g/mol. The number of alkyl halides is 3. The van der Waals surface area contributed by atoms with E-state index in [1.54, 1.807) is 0 Å². The van der Waals surface area contributed by atoms with Crippen LogP contribution in [-0.4, -0.2) is 52.8 Å². The molecule has 136 valence electrons. The summed E-state index contributed by atoms with van der Waals surface area (Å²) in [6, 6.07) is 2.02. The average Bonchev–Trinajstić information content (AvgIpc) is 2.93. The van der Waals surface area contributed by atoms with Gasteiger partial charge in [-0.15, -0.1) is 0 Å². The normalized spacial score (nSPS) is 17.7. The summed E-state index contributed by atoms with van der Waals surface area (Å²) in [6.07, 6.45) is -2.13. The molecule has 0 aromatic carbocycles. The van der Waals surface area contributed by atoms with Crippen molar-refractivity contribution in [3.05, 3.63) is 11.8 Å². The van der Waals surface area contributed by atoms with E-state index in [-0.39, 0.29) is 43.7 Å². The van der Waals surface area contributed by atoms with Crippen molar-refractivity contribution < 1.29 is 22.8 Å². The van der Waals surface area contributed by atoms with Crippen LogP contribution in [0.2, 0.25) is 0 Å². The summed E-state index contributed by atoms with van der Waals surface area (Å²) in [6.45, 7) is -0.758. The Labute approximate surface area is 141 Å². The highest BCUT2D eigenvalue weighted by molar-refractivity contribution is 5.99. The predicted octanol–water partition coefficient (Wildman–Crippen LogP) is 0.817. The van der Waals surface area contributed by atoms with Gasteiger partial charge in [0.05, 0.1) is 24.6 Å². The number of halogens is 3. The number of nitriles is 1. The topological polar surface area (TPSA) is 117 Å². The zero-order chi connectivity index (χ0) is 18.7. The van der Waals surface area contributed by atoms with Gasteiger partial charge in [0.25, 0.3) is 5.91 Å². The van der Waals surface area contributed by atoms with Gasteiger partial charge in [-0.25, -0.2) is 0 Å². The third kappa shape index (κ3) is 4.27. The molecule has 1 aromatic rings. The van der Waals surface area contributed by atoms with Crippen molar-refractivity contribution in [2.75, 3.05) is 25.0 Å². The molecule has 1 aliphatic heterocycles. The van der Waals surface area contributed by atoms with Gasteiger partial charge in [-0.05, 0) is 12.8 Å². The van der Waals surface area contributed by atoms with Crippen molar-refractivity contribution in [2.24, 2.45) is 5.73 Å². The minimum absolute atomic E-state index is 0.00721.